The Morgan fingerprint density at radius 2 is 2.10 bits per heavy atom. The number of thioether (sulfide) groups is 1. The number of rotatable bonds is 7. The first-order chi connectivity index (χ1) is 10.1. The summed E-state index contributed by atoms with van der Waals surface area (Å²) >= 11 is 1.69. The summed E-state index contributed by atoms with van der Waals surface area (Å²) in [4.78, 5) is 10.3. The van der Waals surface area contributed by atoms with Crippen LogP contribution in [-0.4, -0.2) is 18.3 Å². The van der Waals surface area contributed by atoms with Crippen molar-refractivity contribution in [2.24, 2.45) is 0 Å². The van der Waals surface area contributed by atoms with Gasteiger partial charge in [-0.2, -0.15) is 11.8 Å². The van der Waals surface area contributed by atoms with Gasteiger partial charge in [-0.05, 0) is 24.5 Å². The number of nitrogens with zero attached hydrogens (tertiary/aromatic N) is 1. The first-order valence-corrected chi connectivity index (χ1v) is 7.66. The summed E-state index contributed by atoms with van der Waals surface area (Å²) in [7, 11) is 1.48. The quantitative estimate of drug-likeness (QED) is 0.621. The molecule has 7 heteroatoms. The van der Waals surface area contributed by atoms with Crippen molar-refractivity contribution in [1.82, 2.24) is 0 Å². The molecule has 0 atom stereocenters. The van der Waals surface area contributed by atoms with Crippen LogP contribution < -0.4 is 10.1 Å². The summed E-state index contributed by atoms with van der Waals surface area (Å²) in [5.74, 6) is 3.00. The van der Waals surface area contributed by atoms with Gasteiger partial charge < -0.3 is 14.5 Å². The van der Waals surface area contributed by atoms with Gasteiger partial charge >= 0.3 is 0 Å². The van der Waals surface area contributed by atoms with E-state index in [1.165, 1.54) is 19.2 Å². The second-order valence-corrected chi connectivity index (χ2v) is 5.16. The zero-order valence-corrected chi connectivity index (χ0v) is 12.6. The second-order valence-electron chi connectivity index (χ2n) is 4.30. The van der Waals surface area contributed by atoms with Gasteiger partial charge in [0.2, 0.25) is 0 Å². The van der Waals surface area contributed by atoms with E-state index < -0.39 is 4.92 Å². The second kappa shape index (κ2) is 7.03. The van der Waals surface area contributed by atoms with E-state index >= 15 is 0 Å². The van der Waals surface area contributed by atoms with Crippen molar-refractivity contribution >= 4 is 23.1 Å². The Kier molecular flexibility index (Phi) is 5.10. The van der Waals surface area contributed by atoms with Crippen molar-refractivity contribution in [2.75, 3.05) is 18.7 Å². The lowest BCUT2D eigenvalue weighted by Crippen LogP contribution is -2.01. The van der Waals surface area contributed by atoms with E-state index in [-0.39, 0.29) is 5.69 Å². The number of non-ortho nitro benzene ring substituents is 1. The Hall–Kier alpha value is -2.15. The third kappa shape index (κ3) is 3.91. The van der Waals surface area contributed by atoms with Gasteiger partial charge in [-0.1, -0.05) is 0 Å². The van der Waals surface area contributed by atoms with Crippen LogP contribution in [0.3, 0.4) is 0 Å². The third-order valence-corrected chi connectivity index (χ3v) is 3.43. The van der Waals surface area contributed by atoms with Crippen molar-refractivity contribution in [3.05, 3.63) is 52.0 Å². The normalized spacial score (nSPS) is 10.4. The molecular formula is C14H16N2O4S. The average Bonchev–Trinajstić information content (AvgIpc) is 2.93. The minimum Gasteiger partial charge on any atom is -0.494 e. The molecule has 0 saturated carbocycles. The predicted octanol–water partition coefficient (Wildman–Crippen LogP) is 3.67. The van der Waals surface area contributed by atoms with Crippen LogP contribution >= 0.6 is 11.8 Å². The number of benzene rings is 1. The number of furan rings is 1. The summed E-state index contributed by atoms with van der Waals surface area (Å²) in [6.07, 6.45) is 2.02. The van der Waals surface area contributed by atoms with Gasteiger partial charge in [0.15, 0.2) is 0 Å². The molecule has 0 fully saturated rings. The summed E-state index contributed by atoms with van der Waals surface area (Å²) in [6.45, 7) is 0.489. The van der Waals surface area contributed by atoms with E-state index in [0.717, 1.165) is 17.3 Å². The molecular weight excluding hydrogens is 292 g/mol. The van der Waals surface area contributed by atoms with Crippen LogP contribution in [0.2, 0.25) is 0 Å². The fraction of sp³-hybridized carbons (Fsp3) is 0.286. The number of anilines is 1. The lowest BCUT2D eigenvalue weighted by molar-refractivity contribution is -0.384. The highest BCUT2D eigenvalue weighted by atomic mass is 32.2. The van der Waals surface area contributed by atoms with E-state index in [2.05, 4.69) is 5.32 Å². The van der Waals surface area contributed by atoms with Gasteiger partial charge in [0.1, 0.15) is 17.3 Å². The average molecular weight is 308 g/mol. The highest BCUT2D eigenvalue weighted by Gasteiger charge is 2.11. The standard InChI is InChI=1S/C14H16N2O4S/c1-19-14-7-10(16(17)18)3-6-13(14)15-8-11-4-5-12(20-11)9-21-2/h3-7,15H,8-9H2,1-2H3. The monoisotopic (exact) mass is 308 g/mol. The Balaban J connectivity index is 2.06. The number of methoxy groups -OCH3 is 1. The van der Waals surface area contributed by atoms with Crippen LogP contribution in [-0.2, 0) is 12.3 Å². The molecule has 0 aliphatic carbocycles. The van der Waals surface area contributed by atoms with Crippen molar-refractivity contribution in [2.45, 2.75) is 12.3 Å². The molecule has 2 aromatic rings. The van der Waals surface area contributed by atoms with Crippen LogP contribution in [0.1, 0.15) is 11.5 Å². The first-order valence-electron chi connectivity index (χ1n) is 6.27. The molecule has 1 aromatic heterocycles. The molecule has 0 saturated heterocycles. The van der Waals surface area contributed by atoms with Crippen molar-refractivity contribution in [3.63, 3.8) is 0 Å². The van der Waals surface area contributed by atoms with Gasteiger partial charge in [0, 0.05) is 6.07 Å². The molecule has 0 bridgehead atoms. The molecule has 1 N–H and O–H groups in total. The van der Waals surface area contributed by atoms with Crippen LogP contribution in [0.5, 0.6) is 5.75 Å². The number of hydrogen-bond acceptors (Lipinski definition) is 6. The topological polar surface area (TPSA) is 77.5 Å². The van der Waals surface area contributed by atoms with Crippen molar-refractivity contribution in [3.8, 4) is 5.75 Å². The fourth-order valence-corrected chi connectivity index (χ4v) is 2.30. The maximum atomic E-state index is 10.7. The zero-order valence-electron chi connectivity index (χ0n) is 11.8. The molecule has 0 radical (unpaired) electrons. The number of nitro benzene ring substituents is 1. The van der Waals surface area contributed by atoms with Gasteiger partial charge in [0.25, 0.3) is 5.69 Å². The highest BCUT2D eigenvalue weighted by molar-refractivity contribution is 7.97. The van der Waals surface area contributed by atoms with Gasteiger partial charge in [-0.15, -0.1) is 0 Å². The molecule has 0 aliphatic heterocycles. The smallest absolute Gasteiger partial charge is 0.273 e. The van der Waals surface area contributed by atoms with Crippen LogP contribution in [0, 0.1) is 10.1 Å². The summed E-state index contributed by atoms with van der Waals surface area (Å²) < 4.78 is 10.8. The highest BCUT2D eigenvalue weighted by Crippen LogP contribution is 2.29. The largest absolute Gasteiger partial charge is 0.494 e. The van der Waals surface area contributed by atoms with Gasteiger partial charge in [0.05, 0.1) is 36.1 Å². The van der Waals surface area contributed by atoms with Crippen LogP contribution in [0.15, 0.2) is 34.7 Å². The van der Waals surface area contributed by atoms with E-state index in [1.54, 1.807) is 17.8 Å². The Morgan fingerprint density at radius 1 is 1.33 bits per heavy atom. The minimum absolute atomic E-state index is 0.00217. The molecule has 1 aromatic carbocycles. The van der Waals surface area contributed by atoms with E-state index in [9.17, 15) is 10.1 Å². The molecule has 0 spiro atoms. The van der Waals surface area contributed by atoms with Crippen molar-refractivity contribution in [1.29, 1.82) is 0 Å². The van der Waals surface area contributed by atoms with Crippen LogP contribution in [0.4, 0.5) is 11.4 Å². The summed E-state index contributed by atoms with van der Waals surface area (Å²) in [5.41, 5.74) is 0.684. The fourth-order valence-electron chi connectivity index (χ4n) is 1.86. The predicted molar refractivity (Wildman–Crippen MR) is 82.9 cm³/mol. The first kappa shape index (κ1) is 15.2. The molecule has 1 heterocycles. The third-order valence-electron chi connectivity index (χ3n) is 2.85. The lowest BCUT2D eigenvalue weighted by atomic mass is 10.2. The molecule has 0 amide bonds. The Bertz CT molecular complexity index is 627. The number of nitrogens with one attached hydrogen (secondary N) is 1. The molecule has 2 rings (SSSR count). The van der Waals surface area contributed by atoms with E-state index in [0.29, 0.717) is 18.0 Å². The molecule has 0 unspecified atom stereocenters. The van der Waals surface area contributed by atoms with Crippen LogP contribution in [0.25, 0.3) is 0 Å². The number of ether oxygens (including phenoxy) is 1. The molecule has 0 aliphatic rings. The number of hydrogen-bond donors (Lipinski definition) is 1. The maximum Gasteiger partial charge on any atom is 0.273 e. The van der Waals surface area contributed by atoms with E-state index in [1.807, 2.05) is 18.4 Å². The Morgan fingerprint density at radius 3 is 2.76 bits per heavy atom. The van der Waals surface area contributed by atoms with Crippen molar-refractivity contribution < 1.29 is 14.1 Å². The molecule has 112 valence electrons. The summed E-state index contributed by atoms with van der Waals surface area (Å²) in [5, 5.41) is 13.9. The lowest BCUT2D eigenvalue weighted by Gasteiger charge is -2.09. The Labute approximate surface area is 126 Å². The summed E-state index contributed by atoms with van der Waals surface area (Å²) in [6, 6.07) is 8.31. The number of nitro groups is 1. The van der Waals surface area contributed by atoms with E-state index in [4.69, 9.17) is 9.15 Å². The SMILES string of the molecule is COc1cc([N+](=O)[O-])ccc1NCc1ccc(CSC)o1. The minimum atomic E-state index is -0.451. The molecule has 6 nitrogen and oxygen atoms in total. The zero-order chi connectivity index (χ0) is 15.2. The van der Waals surface area contributed by atoms with Gasteiger partial charge in [-0.3, -0.25) is 10.1 Å². The van der Waals surface area contributed by atoms with Gasteiger partial charge in [-0.25, -0.2) is 0 Å². The maximum absolute atomic E-state index is 10.7. The molecule has 21 heavy (non-hydrogen) atoms.